The summed E-state index contributed by atoms with van der Waals surface area (Å²) in [4.78, 5) is 24.0. The van der Waals surface area contributed by atoms with E-state index < -0.39 is 0 Å². The third-order valence-corrected chi connectivity index (χ3v) is 6.84. The predicted molar refractivity (Wildman–Crippen MR) is 133 cm³/mol. The number of likely N-dealkylation sites (N-methyl/N-ethyl adjacent to an activating group) is 1. The molecular formula is C26H29N7O. The molecule has 1 aliphatic rings. The number of pyridine rings is 2. The lowest BCUT2D eigenvalue weighted by atomic mass is 9.89. The molecule has 34 heavy (non-hydrogen) atoms. The van der Waals surface area contributed by atoms with E-state index in [2.05, 4.69) is 75.8 Å². The highest BCUT2D eigenvalue weighted by Crippen LogP contribution is 2.33. The number of amides is 2. The first-order chi connectivity index (χ1) is 16.4. The third-order valence-electron chi connectivity index (χ3n) is 6.84. The molecule has 0 spiro atoms. The molecule has 1 aliphatic heterocycles. The number of hydrogen-bond acceptors (Lipinski definition) is 5. The lowest BCUT2D eigenvalue weighted by Crippen LogP contribution is -2.46. The first-order valence-corrected chi connectivity index (χ1v) is 11.5. The van der Waals surface area contributed by atoms with Crippen molar-refractivity contribution in [2.75, 3.05) is 18.9 Å². The number of nitrogens with zero attached hydrogens (tertiary/aromatic N) is 5. The second-order valence-corrected chi connectivity index (χ2v) is 9.11. The number of fused-ring (bicyclic) bond motifs is 1. The van der Waals surface area contributed by atoms with Crippen molar-refractivity contribution < 1.29 is 4.79 Å². The zero-order valence-corrected chi connectivity index (χ0v) is 19.9. The molecule has 174 valence electrons. The van der Waals surface area contributed by atoms with Crippen LogP contribution in [0.2, 0.25) is 0 Å². The van der Waals surface area contributed by atoms with E-state index in [0.29, 0.717) is 5.82 Å². The van der Waals surface area contributed by atoms with Gasteiger partial charge in [-0.05, 0) is 57.1 Å². The molecule has 2 amide bonds. The number of carbonyl (C=O) groups excluding carboxylic acids is 1. The molecule has 0 unspecified atom stereocenters. The van der Waals surface area contributed by atoms with Crippen molar-refractivity contribution in [3.63, 3.8) is 0 Å². The average Bonchev–Trinajstić information content (AvgIpc) is 3.35. The van der Waals surface area contributed by atoms with E-state index in [4.69, 9.17) is 0 Å². The fourth-order valence-corrected chi connectivity index (χ4v) is 4.88. The van der Waals surface area contributed by atoms with Gasteiger partial charge in [0.25, 0.3) is 0 Å². The Morgan fingerprint density at radius 3 is 2.71 bits per heavy atom. The number of aromatic nitrogens is 4. The van der Waals surface area contributed by atoms with Crippen LogP contribution in [-0.4, -0.2) is 56.4 Å². The number of urea groups is 1. The second-order valence-electron chi connectivity index (χ2n) is 9.11. The number of anilines is 1. The summed E-state index contributed by atoms with van der Waals surface area (Å²) in [6.45, 7) is 7.13. The van der Waals surface area contributed by atoms with E-state index in [-0.39, 0.29) is 24.0 Å². The highest BCUT2D eigenvalue weighted by Gasteiger charge is 2.39. The monoisotopic (exact) mass is 455 g/mol. The van der Waals surface area contributed by atoms with Crippen molar-refractivity contribution in [2.45, 2.75) is 38.8 Å². The maximum absolute atomic E-state index is 13.0. The first kappa shape index (κ1) is 22.0. The molecule has 0 saturated carbocycles. The molecule has 1 aromatic carbocycles. The average molecular weight is 456 g/mol. The molecule has 0 aliphatic carbocycles. The van der Waals surface area contributed by atoms with Gasteiger partial charge >= 0.3 is 6.03 Å². The van der Waals surface area contributed by atoms with Crippen LogP contribution in [0.3, 0.4) is 0 Å². The van der Waals surface area contributed by atoms with Gasteiger partial charge in [0.15, 0.2) is 0 Å². The molecule has 4 heterocycles. The van der Waals surface area contributed by atoms with Crippen LogP contribution in [0.15, 0.2) is 61.1 Å². The molecule has 1 saturated heterocycles. The minimum Gasteiger partial charge on any atom is -0.333 e. The lowest BCUT2D eigenvalue weighted by molar-refractivity contribution is 0.242. The predicted octanol–water partition coefficient (Wildman–Crippen LogP) is 4.04. The van der Waals surface area contributed by atoms with Crippen LogP contribution in [0, 0.1) is 13.8 Å². The van der Waals surface area contributed by atoms with Crippen molar-refractivity contribution in [2.24, 2.45) is 0 Å². The molecule has 4 aromatic rings. The second kappa shape index (κ2) is 8.87. The number of nitrogens with one attached hydrogen (secondary N) is 2. The van der Waals surface area contributed by atoms with E-state index in [9.17, 15) is 4.79 Å². The van der Waals surface area contributed by atoms with E-state index in [1.54, 1.807) is 18.6 Å². The fraction of sp³-hybridized carbons (Fsp3) is 0.308. The van der Waals surface area contributed by atoms with E-state index in [0.717, 1.165) is 28.8 Å². The zero-order valence-electron chi connectivity index (χ0n) is 19.9. The summed E-state index contributed by atoms with van der Waals surface area (Å²) in [5, 5.41) is 11.5. The van der Waals surface area contributed by atoms with E-state index >= 15 is 0 Å². The van der Waals surface area contributed by atoms with Gasteiger partial charge in [0.2, 0.25) is 0 Å². The van der Waals surface area contributed by atoms with Gasteiger partial charge in [-0.25, -0.2) is 14.5 Å². The van der Waals surface area contributed by atoms with E-state index in [1.165, 1.54) is 11.1 Å². The summed E-state index contributed by atoms with van der Waals surface area (Å²) < 4.78 is 1.82. The van der Waals surface area contributed by atoms with Gasteiger partial charge in [0, 0.05) is 35.8 Å². The van der Waals surface area contributed by atoms with E-state index in [1.807, 2.05) is 29.8 Å². The SMILES string of the molecule is Cc1cc(-n2ncc3cc(NC(=O)N[C@H]4[C@H](c5ccccc5C)CN(C)[C@H]4C)ncc32)ccn1. The Hall–Kier alpha value is -3.78. The zero-order chi connectivity index (χ0) is 23.8. The normalized spacial score (nSPS) is 20.5. The lowest BCUT2D eigenvalue weighted by Gasteiger charge is -2.25. The summed E-state index contributed by atoms with van der Waals surface area (Å²) in [5.74, 6) is 0.714. The van der Waals surface area contributed by atoms with Crippen LogP contribution in [-0.2, 0) is 0 Å². The summed E-state index contributed by atoms with van der Waals surface area (Å²) in [6, 6.07) is 14.1. The maximum atomic E-state index is 13.0. The molecule has 1 fully saturated rings. The smallest absolute Gasteiger partial charge is 0.320 e. The van der Waals surface area contributed by atoms with Crippen LogP contribution in [0.4, 0.5) is 10.6 Å². The standard InChI is InChI=1S/C26H29N7O/c1-16-7-5-6-8-21(16)22-15-32(4)18(3)25(22)31-26(34)30-24-12-19-13-29-33(23(19)14-28-24)20-9-10-27-17(2)11-20/h5-14,18,22,25H,15H2,1-4H3,(H2,28,30,31,34)/t18-,22-,25+/m0/s1. The van der Waals surface area contributed by atoms with Gasteiger partial charge in [-0.1, -0.05) is 24.3 Å². The topological polar surface area (TPSA) is 88.0 Å². The first-order valence-electron chi connectivity index (χ1n) is 11.5. The van der Waals surface area contributed by atoms with Gasteiger partial charge in [0.05, 0.1) is 29.6 Å². The van der Waals surface area contributed by atoms with Gasteiger partial charge in [-0.2, -0.15) is 5.10 Å². The summed E-state index contributed by atoms with van der Waals surface area (Å²) in [6.07, 6.45) is 5.27. The van der Waals surface area contributed by atoms with Gasteiger partial charge in [0.1, 0.15) is 5.82 Å². The highest BCUT2D eigenvalue weighted by molar-refractivity contribution is 5.91. The number of benzene rings is 1. The van der Waals surface area contributed by atoms with Crippen molar-refractivity contribution >= 4 is 22.8 Å². The Balaban J connectivity index is 1.34. The molecule has 2 N–H and O–H groups in total. The van der Waals surface area contributed by atoms with Gasteiger partial charge in [-0.15, -0.1) is 0 Å². The van der Waals surface area contributed by atoms with Crippen LogP contribution < -0.4 is 10.6 Å². The van der Waals surface area contributed by atoms with Crippen LogP contribution in [0.5, 0.6) is 0 Å². The van der Waals surface area contributed by atoms with Crippen LogP contribution >= 0.6 is 0 Å². The summed E-state index contributed by atoms with van der Waals surface area (Å²) in [5.41, 5.74) is 5.23. The maximum Gasteiger partial charge on any atom is 0.320 e. The largest absolute Gasteiger partial charge is 0.333 e. The van der Waals surface area contributed by atoms with Crippen molar-refractivity contribution in [3.05, 3.63) is 77.9 Å². The van der Waals surface area contributed by atoms with Crippen molar-refractivity contribution in [1.82, 2.24) is 30.0 Å². The Morgan fingerprint density at radius 2 is 1.91 bits per heavy atom. The fourth-order valence-electron chi connectivity index (χ4n) is 4.88. The number of rotatable bonds is 4. The molecule has 8 heteroatoms. The van der Waals surface area contributed by atoms with Crippen molar-refractivity contribution in [3.8, 4) is 5.69 Å². The van der Waals surface area contributed by atoms with Gasteiger partial charge in [-0.3, -0.25) is 10.3 Å². The highest BCUT2D eigenvalue weighted by atomic mass is 16.2. The molecule has 3 aromatic heterocycles. The number of hydrogen-bond donors (Lipinski definition) is 2. The third kappa shape index (κ3) is 4.12. The quantitative estimate of drug-likeness (QED) is 0.485. The minimum absolute atomic E-state index is 0.00693. The van der Waals surface area contributed by atoms with Crippen LogP contribution in [0.1, 0.15) is 29.7 Å². The van der Waals surface area contributed by atoms with Gasteiger partial charge < -0.3 is 10.2 Å². The molecular weight excluding hydrogens is 426 g/mol. The summed E-state index contributed by atoms with van der Waals surface area (Å²) in [7, 11) is 2.10. The molecule has 8 nitrogen and oxygen atoms in total. The van der Waals surface area contributed by atoms with Crippen LogP contribution in [0.25, 0.3) is 16.6 Å². The van der Waals surface area contributed by atoms with Crippen molar-refractivity contribution in [1.29, 1.82) is 0 Å². The number of aryl methyl sites for hydroxylation is 2. The Bertz CT molecular complexity index is 1350. The minimum atomic E-state index is -0.255. The Morgan fingerprint density at radius 1 is 1.09 bits per heavy atom. The number of likely N-dealkylation sites (tertiary alicyclic amines) is 1. The molecule has 0 radical (unpaired) electrons. The summed E-state index contributed by atoms with van der Waals surface area (Å²) >= 11 is 0. The molecule has 5 rings (SSSR count). The number of carbonyl (C=O) groups is 1. The molecule has 3 atom stereocenters. The Labute approximate surface area is 199 Å². The molecule has 0 bridgehead atoms. The Kier molecular flexibility index (Phi) is 5.75.